The van der Waals surface area contributed by atoms with Crippen molar-refractivity contribution in [2.24, 2.45) is 5.92 Å². The number of para-hydroxylation sites is 1. The molecule has 3 rings (SSSR count). The van der Waals surface area contributed by atoms with Gasteiger partial charge in [0.05, 0.1) is 17.4 Å². The van der Waals surface area contributed by atoms with E-state index in [4.69, 9.17) is 4.42 Å². The van der Waals surface area contributed by atoms with Crippen molar-refractivity contribution in [2.45, 2.75) is 13.3 Å². The molecule has 1 atom stereocenters. The van der Waals surface area contributed by atoms with Gasteiger partial charge in [-0.2, -0.15) is 0 Å². The number of rotatable bonds is 2. The molecule has 2 aromatic rings. The molecule has 1 saturated heterocycles. The number of nitrogens with one attached hydrogen (secondary N) is 2. The van der Waals surface area contributed by atoms with E-state index in [1.807, 2.05) is 0 Å². The molecule has 0 radical (unpaired) electrons. The van der Waals surface area contributed by atoms with Crippen LogP contribution in [0.4, 0.5) is 4.39 Å². The highest BCUT2D eigenvalue weighted by molar-refractivity contribution is 7.91. The standard InChI is InChI=1S/C15H15FN2O5S/c1-8-10-3-2-4-11(16)13(10)23-12(8)15(20)18-17-14(19)9-5-6-24(21,22)7-9/h2-4,9H,5-7H2,1H3,(H,17,19)(H,18,20)/t9-/m0/s1. The molecule has 2 heterocycles. The number of halogens is 1. The third-order valence-corrected chi connectivity index (χ3v) is 5.79. The lowest BCUT2D eigenvalue weighted by Gasteiger charge is -2.09. The molecule has 2 amide bonds. The average molecular weight is 354 g/mol. The Labute approximate surface area is 137 Å². The third kappa shape index (κ3) is 2.99. The number of aryl methyl sites for hydroxylation is 1. The summed E-state index contributed by atoms with van der Waals surface area (Å²) < 4.78 is 41.7. The van der Waals surface area contributed by atoms with E-state index >= 15 is 0 Å². The topological polar surface area (TPSA) is 105 Å². The van der Waals surface area contributed by atoms with E-state index < -0.39 is 33.4 Å². The summed E-state index contributed by atoms with van der Waals surface area (Å²) in [4.78, 5) is 24.0. The molecule has 1 fully saturated rings. The summed E-state index contributed by atoms with van der Waals surface area (Å²) in [7, 11) is -3.19. The summed E-state index contributed by atoms with van der Waals surface area (Å²) in [6.45, 7) is 1.60. The molecule has 1 aromatic heterocycles. The van der Waals surface area contributed by atoms with E-state index in [1.165, 1.54) is 12.1 Å². The zero-order valence-corrected chi connectivity index (χ0v) is 13.6. The highest BCUT2D eigenvalue weighted by Crippen LogP contribution is 2.27. The first kappa shape index (κ1) is 16.4. The minimum absolute atomic E-state index is 0.0339. The van der Waals surface area contributed by atoms with Crippen molar-refractivity contribution in [3.8, 4) is 0 Å². The molecular weight excluding hydrogens is 339 g/mol. The molecule has 7 nitrogen and oxygen atoms in total. The number of carbonyl (C=O) groups is 2. The molecule has 128 valence electrons. The highest BCUT2D eigenvalue weighted by Gasteiger charge is 2.33. The van der Waals surface area contributed by atoms with Crippen LogP contribution in [0.1, 0.15) is 22.5 Å². The maximum absolute atomic E-state index is 13.7. The molecule has 0 unspecified atom stereocenters. The SMILES string of the molecule is Cc1c(C(=O)NNC(=O)[C@H]2CCS(=O)(=O)C2)oc2c(F)cccc12. The van der Waals surface area contributed by atoms with Crippen LogP contribution in [0.2, 0.25) is 0 Å². The summed E-state index contributed by atoms with van der Waals surface area (Å²) >= 11 is 0. The molecule has 9 heteroatoms. The second-order valence-corrected chi connectivity index (χ2v) is 7.94. The Balaban J connectivity index is 1.71. The Hall–Kier alpha value is -2.42. The summed E-state index contributed by atoms with van der Waals surface area (Å²) in [6.07, 6.45) is 0.221. The molecule has 0 spiro atoms. The van der Waals surface area contributed by atoms with Gasteiger partial charge in [-0.1, -0.05) is 12.1 Å². The molecule has 0 aliphatic carbocycles. The van der Waals surface area contributed by atoms with Crippen LogP contribution in [0.15, 0.2) is 22.6 Å². The number of sulfone groups is 1. The van der Waals surface area contributed by atoms with Crippen LogP contribution in [-0.4, -0.2) is 31.7 Å². The molecule has 2 N–H and O–H groups in total. The number of benzene rings is 1. The monoisotopic (exact) mass is 354 g/mol. The average Bonchev–Trinajstić information content (AvgIpc) is 3.06. The van der Waals surface area contributed by atoms with Crippen molar-refractivity contribution >= 4 is 32.6 Å². The van der Waals surface area contributed by atoms with Crippen molar-refractivity contribution in [3.05, 3.63) is 35.3 Å². The van der Waals surface area contributed by atoms with Crippen LogP contribution < -0.4 is 10.9 Å². The van der Waals surface area contributed by atoms with E-state index in [0.717, 1.165) is 0 Å². The number of hydrogen-bond acceptors (Lipinski definition) is 5. The molecule has 24 heavy (non-hydrogen) atoms. The fraction of sp³-hybridized carbons (Fsp3) is 0.333. The predicted molar refractivity (Wildman–Crippen MR) is 83.3 cm³/mol. The van der Waals surface area contributed by atoms with Gasteiger partial charge >= 0.3 is 5.91 Å². The zero-order valence-electron chi connectivity index (χ0n) is 12.8. The minimum Gasteiger partial charge on any atom is -0.447 e. The lowest BCUT2D eigenvalue weighted by molar-refractivity contribution is -0.125. The van der Waals surface area contributed by atoms with Gasteiger partial charge in [0.2, 0.25) is 5.91 Å². The Morgan fingerprint density at radius 3 is 2.67 bits per heavy atom. The largest absolute Gasteiger partial charge is 0.447 e. The van der Waals surface area contributed by atoms with E-state index in [1.54, 1.807) is 13.0 Å². The number of amides is 2. The number of furan rings is 1. The first-order valence-electron chi connectivity index (χ1n) is 7.27. The number of fused-ring (bicyclic) bond motifs is 1. The van der Waals surface area contributed by atoms with Crippen molar-refractivity contribution < 1.29 is 26.8 Å². The lowest BCUT2D eigenvalue weighted by atomic mass is 10.1. The van der Waals surface area contributed by atoms with Crippen LogP contribution in [0.25, 0.3) is 11.0 Å². The fourth-order valence-corrected chi connectivity index (χ4v) is 4.45. The van der Waals surface area contributed by atoms with Crippen molar-refractivity contribution in [1.29, 1.82) is 0 Å². The van der Waals surface area contributed by atoms with E-state index in [0.29, 0.717) is 10.9 Å². The second kappa shape index (κ2) is 5.90. The van der Waals surface area contributed by atoms with Gasteiger partial charge < -0.3 is 4.42 Å². The maximum Gasteiger partial charge on any atom is 0.305 e. The molecule has 1 aromatic carbocycles. The highest BCUT2D eigenvalue weighted by atomic mass is 32.2. The van der Waals surface area contributed by atoms with Crippen LogP contribution in [0.5, 0.6) is 0 Å². The van der Waals surface area contributed by atoms with Gasteiger partial charge in [0, 0.05) is 10.9 Å². The summed E-state index contributed by atoms with van der Waals surface area (Å²) in [6, 6.07) is 4.34. The number of hydrazine groups is 1. The first-order valence-corrected chi connectivity index (χ1v) is 9.09. The van der Waals surface area contributed by atoms with Gasteiger partial charge in [-0.15, -0.1) is 0 Å². The molecule has 0 saturated carbocycles. The molecule has 1 aliphatic heterocycles. The molecule has 1 aliphatic rings. The third-order valence-electron chi connectivity index (χ3n) is 4.02. The van der Waals surface area contributed by atoms with Gasteiger partial charge in [-0.25, -0.2) is 12.8 Å². The van der Waals surface area contributed by atoms with Gasteiger partial charge in [-0.3, -0.25) is 20.4 Å². The quantitative estimate of drug-likeness (QED) is 0.785. The van der Waals surface area contributed by atoms with E-state index in [2.05, 4.69) is 10.9 Å². The maximum atomic E-state index is 13.7. The number of hydrogen-bond donors (Lipinski definition) is 2. The zero-order chi connectivity index (χ0) is 17.5. The van der Waals surface area contributed by atoms with Gasteiger partial charge in [0.15, 0.2) is 27.0 Å². The van der Waals surface area contributed by atoms with Crippen molar-refractivity contribution in [1.82, 2.24) is 10.9 Å². The van der Waals surface area contributed by atoms with Gasteiger partial charge in [0.1, 0.15) is 0 Å². The minimum atomic E-state index is -3.19. The number of carbonyl (C=O) groups excluding carboxylic acids is 2. The summed E-state index contributed by atoms with van der Waals surface area (Å²) in [5.74, 6) is -2.99. The Bertz CT molecular complexity index is 935. The second-order valence-electron chi connectivity index (χ2n) is 5.72. The lowest BCUT2D eigenvalue weighted by Crippen LogP contribution is -2.44. The molecular formula is C15H15FN2O5S. The van der Waals surface area contributed by atoms with E-state index in [9.17, 15) is 22.4 Å². The Morgan fingerprint density at radius 2 is 2.04 bits per heavy atom. The first-order chi connectivity index (χ1) is 11.3. The summed E-state index contributed by atoms with van der Waals surface area (Å²) in [5, 5.41) is 0.466. The van der Waals surface area contributed by atoms with Crippen molar-refractivity contribution in [3.63, 3.8) is 0 Å². The Kier molecular flexibility index (Phi) is 4.04. The molecule has 0 bridgehead atoms. The van der Waals surface area contributed by atoms with Crippen LogP contribution in [0.3, 0.4) is 0 Å². The summed E-state index contributed by atoms with van der Waals surface area (Å²) in [5.41, 5.74) is 4.78. The smallest absolute Gasteiger partial charge is 0.305 e. The fourth-order valence-electron chi connectivity index (χ4n) is 2.70. The van der Waals surface area contributed by atoms with Crippen LogP contribution in [0, 0.1) is 18.7 Å². The predicted octanol–water partition coefficient (Wildman–Crippen LogP) is 1.08. The van der Waals surface area contributed by atoms with Crippen molar-refractivity contribution in [2.75, 3.05) is 11.5 Å². The van der Waals surface area contributed by atoms with Crippen LogP contribution in [-0.2, 0) is 14.6 Å². The Morgan fingerprint density at radius 1 is 1.29 bits per heavy atom. The van der Waals surface area contributed by atoms with Gasteiger partial charge in [-0.05, 0) is 19.4 Å². The van der Waals surface area contributed by atoms with Gasteiger partial charge in [0.25, 0.3) is 0 Å². The normalized spacial score (nSPS) is 19.3. The van der Waals surface area contributed by atoms with Crippen LogP contribution >= 0.6 is 0 Å². The van der Waals surface area contributed by atoms with E-state index in [-0.39, 0.29) is 29.3 Å².